The van der Waals surface area contributed by atoms with Crippen molar-refractivity contribution in [2.75, 3.05) is 19.5 Å². The number of pyridine rings is 1. The molecular formula is C23H20N4O4. The molecule has 4 rings (SSSR count). The predicted molar refractivity (Wildman–Crippen MR) is 117 cm³/mol. The summed E-state index contributed by atoms with van der Waals surface area (Å²) in [6.45, 7) is 1.74. The molecule has 156 valence electrons. The molecular weight excluding hydrogens is 396 g/mol. The number of carbonyl (C=O) groups is 1. The van der Waals surface area contributed by atoms with E-state index >= 15 is 0 Å². The van der Waals surface area contributed by atoms with Gasteiger partial charge in [0.1, 0.15) is 17.3 Å². The number of methoxy groups -OCH3 is 2. The molecule has 31 heavy (non-hydrogen) atoms. The topological polar surface area (TPSA) is 95.3 Å². The highest BCUT2D eigenvalue weighted by Gasteiger charge is 2.13. The molecule has 0 radical (unpaired) electrons. The van der Waals surface area contributed by atoms with Crippen molar-refractivity contribution in [2.45, 2.75) is 6.92 Å². The van der Waals surface area contributed by atoms with Crippen LogP contribution in [-0.4, -0.2) is 34.7 Å². The zero-order valence-electron chi connectivity index (χ0n) is 17.2. The zero-order valence-corrected chi connectivity index (χ0v) is 17.2. The van der Waals surface area contributed by atoms with E-state index in [1.54, 1.807) is 67.7 Å². The van der Waals surface area contributed by atoms with Crippen LogP contribution in [0.4, 0.5) is 5.69 Å². The van der Waals surface area contributed by atoms with Crippen LogP contribution in [0.5, 0.6) is 11.5 Å². The molecule has 0 saturated carbocycles. The molecule has 0 unspecified atom stereocenters. The quantitative estimate of drug-likeness (QED) is 0.536. The molecule has 8 heteroatoms. The Kier molecular flexibility index (Phi) is 5.36. The van der Waals surface area contributed by atoms with E-state index in [-0.39, 0.29) is 11.5 Å². The van der Waals surface area contributed by atoms with E-state index in [2.05, 4.69) is 15.3 Å². The van der Waals surface area contributed by atoms with Crippen LogP contribution < -0.4 is 20.3 Å². The number of fused-ring (bicyclic) bond motifs is 1. The lowest BCUT2D eigenvalue weighted by Crippen LogP contribution is -2.22. The Bertz CT molecular complexity index is 1320. The molecule has 2 aromatic carbocycles. The van der Waals surface area contributed by atoms with Gasteiger partial charge in [-0.05, 0) is 49.4 Å². The van der Waals surface area contributed by atoms with Crippen LogP contribution in [0.1, 0.15) is 16.2 Å². The summed E-state index contributed by atoms with van der Waals surface area (Å²) in [7, 11) is 3.04. The van der Waals surface area contributed by atoms with Crippen molar-refractivity contribution in [3.05, 3.63) is 82.5 Å². The number of carbonyl (C=O) groups excluding carboxylic acids is 1. The standard InChI is InChI=1S/C23H20N4O4/c1-14-25-21-20(8-5-9-24-21)23(29)27(14)17-7-4-6-16(12-17)26-22(28)15-10-18(30-2)13-19(11-15)31-3/h4-13H,1-3H3,(H,26,28). The first-order chi connectivity index (χ1) is 15.0. The molecule has 2 aromatic heterocycles. The fourth-order valence-electron chi connectivity index (χ4n) is 3.29. The number of nitrogens with one attached hydrogen (secondary N) is 1. The highest BCUT2D eigenvalue weighted by molar-refractivity contribution is 6.05. The normalized spacial score (nSPS) is 10.7. The van der Waals surface area contributed by atoms with Gasteiger partial charge in [0.05, 0.1) is 25.3 Å². The van der Waals surface area contributed by atoms with Gasteiger partial charge < -0.3 is 14.8 Å². The average Bonchev–Trinajstić information content (AvgIpc) is 2.79. The highest BCUT2D eigenvalue weighted by Crippen LogP contribution is 2.24. The Balaban J connectivity index is 1.70. The second-order valence-electron chi connectivity index (χ2n) is 6.78. The molecule has 0 atom stereocenters. The molecule has 0 bridgehead atoms. The Hall–Kier alpha value is -4.20. The van der Waals surface area contributed by atoms with Crippen molar-refractivity contribution in [2.24, 2.45) is 0 Å². The number of ether oxygens (including phenoxy) is 2. The van der Waals surface area contributed by atoms with E-state index < -0.39 is 0 Å². The Morgan fingerprint density at radius 3 is 2.45 bits per heavy atom. The first-order valence-corrected chi connectivity index (χ1v) is 9.49. The average molecular weight is 416 g/mol. The molecule has 0 aliphatic heterocycles. The second kappa shape index (κ2) is 8.27. The summed E-state index contributed by atoms with van der Waals surface area (Å²) in [5.74, 6) is 1.18. The molecule has 0 saturated heterocycles. The van der Waals surface area contributed by atoms with Crippen LogP contribution in [-0.2, 0) is 0 Å². The van der Waals surface area contributed by atoms with Gasteiger partial charge in [-0.1, -0.05) is 6.07 Å². The van der Waals surface area contributed by atoms with Crippen LogP contribution >= 0.6 is 0 Å². The maximum atomic E-state index is 13.0. The smallest absolute Gasteiger partial charge is 0.267 e. The highest BCUT2D eigenvalue weighted by atomic mass is 16.5. The fraction of sp³-hybridized carbons (Fsp3) is 0.130. The Morgan fingerprint density at radius 2 is 1.74 bits per heavy atom. The van der Waals surface area contributed by atoms with Crippen LogP contribution in [0.3, 0.4) is 0 Å². The number of benzene rings is 2. The largest absolute Gasteiger partial charge is 0.497 e. The van der Waals surface area contributed by atoms with Gasteiger partial charge >= 0.3 is 0 Å². The van der Waals surface area contributed by atoms with Crippen molar-refractivity contribution >= 4 is 22.6 Å². The van der Waals surface area contributed by atoms with Gasteiger partial charge in [-0.25, -0.2) is 9.97 Å². The number of rotatable bonds is 5. The third-order valence-corrected chi connectivity index (χ3v) is 4.79. The lowest BCUT2D eigenvalue weighted by atomic mass is 10.1. The van der Waals surface area contributed by atoms with Crippen molar-refractivity contribution < 1.29 is 14.3 Å². The monoisotopic (exact) mass is 416 g/mol. The summed E-state index contributed by atoms with van der Waals surface area (Å²) in [4.78, 5) is 34.4. The van der Waals surface area contributed by atoms with E-state index in [0.29, 0.717) is 45.3 Å². The number of hydrogen-bond donors (Lipinski definition) is 1. The Morgan fingerprint density at radius 1 is 1.00 bits per heavy atom. The zero-order chi connectivity index (χ0) is 22.0. The van der Waals surface area contributed by atoms with Gasteiger partial charge in [0.15, 0.2) is 5.65 Å². The van der Waals surface area contributed by atoms with Gasteiger partial charge in [-0.2, -0.15) is 0 Å². The molecule has 0 aliphatic carbocycles. The summed E-state index contributed by atoms with van der Waals surface area (Å²) >= 11 is 0. The molecule has 4 aromatic rings. The number of aromatic nitrogens is 3. The third kappa shape index (κ3) is 3.95. The minimum Gasteiger partial charge on any atom is -0.497 e. The van der Waals surface area contributed by atoms with Crippen LogP contribution in [0.15, 0.2) is 65.6 Å². The number of anilines is 1. The van der Waals surface area contributed by atoms with E-state index in [1.165, 1.54) is 18.8 Å². The van der Waals surface area contributed by atoms with Gasteiger partial charge in [0.25, 0.3) is 11.5 Å². The second-order valence-corrected chi connectivity index (χ2v) is 6.78. The van der Waals surface area contributed by atoms with Crippen molar-refractivity contribution in [1.82, 2.24) is 14.5 Å². The van der Waals surface area contributed by atoms with Crippen LogP contribution in [0.25, 0.3) is 16.7 Å². The number of aryl methyl sites for hydroxylation is 1. The van der Waals surface area contributed by atoms with Gasteiger partial charge in [-0.15, -0.1) is 0 Å². The van der Waals surface area contributed by atoms with Crippen molar-refractivity contribution in [1.29, 1.82) is 0 Å². The van der Waals surface area contributed by atoms with E-state index in [0.717, 1.165) is 0 Å². The lowest BCUT2D eigenvalue weighted by Gasteiger charge is -2.13. The van der Waals surface area contributed by atoms with Gasteiger partial charge in [0.2, 0.25) is 0 Å². The van der Waals surface area contributed by atoms with Crippen LogP contribution in [0, 0.1) is 6.92 Å². The number of hydrogen-bond acceptors (Lipinski definition) is 6. The molecule has 8 nitrogen and oxygen atoms in total. The predicted octanol–water partition coefficient (Wildman–Crippen LogP) is 3.36. The minimum atomic E-state index is -0.334. The third-order valence-electron chi connectivity index (χ3n) is 4.79. The molecule has 0 spiro atoms. The van der Waals surface area contributed by atoms with E-state index in [4.69, 9.17) is 9.47 Å². The van der Waals surface area contributed by atoms with Crippen LogP contribution in [0.2, 0.25) is 0 Å². The first kappa shape index (κ1) is 20.1. The van der Waals surface area contributed by atoms with Gasteiger partial charge in [0, 0.05) is 23.5 Å². The van der Waals surface area contributed by atoms with Crippen molar-refractivity contribution in [3.63, 3.8) is 0 Å². The SMILES string of the molecule is COc1cc(OC)cc(C(=O)Nc2cccc(-n3c(C)nc4ncccc4c3=O)c2)c1. The molecule has 0 aliphatic rings. The molecule has 2 heterocycles. The first-order valence-electron chi connectivity index (χ1n) is 9.49. The maximum absolute atomic E-state index is 13.0. The molecule has 0 fully saturated rings. The summed E-state index contributed by atoms with van der Waals surface area (Å²) in [5, 5.41) is 3.27. The summed E-state index contributed by atoms with van der Waals surface area (Å²) in [6.07, 6.45) is 1.60. The van der Waals surface area contributed by atoms with Gasteiger partial charge in [-0.3, -0.25) is 14.2 Å². The summed E-state index contributed by atoms with van der Waals surface area (Å²) in [5.41, 5.74) is 1.67. The van der Waals surface area contributed by atoms with Crippen molar-refractivity contribution in [3.8, 4) is 17.2 Å². The minimum absolute atomic E-state index is 0.225. The summed E-state index contributed by atoms with van der Waals surface area (Å²) < 4.78 is 11.9. The fourth-order valence-corrected chi connectivity index (χ4v) is 3.29. The number of nitrogens with zero attached hydrogens (tertiary/aromatic N) is 3. The molecule has 1 N–H and O–H groups in total. The molecule has 1 amide bonds. The maximum Gasteiger partial charge on any atom is 0.267 e. The van der Waals surface area contributed by atoms with E-state index in [9.17, 15) is 9.59 Å². The lowest BCUT2D eigenvalue weighted by molar-refractivity contribution is 0.102. The van der Waals surface area contributed by atoms with E-state index in [1.807, 2.05) is 0 Å². The summed E-state index contributed by atoms with van der Waals surface area (Å²) in [6, 6.07) is 15.3. The number of amides is 1. The Labute approximate surface area is 178 Å².